The number of halogens is 1. The summed E-state index contributed by atoms with van der Waals surface area (Å²) in [5.74, 6) is -1.59. The third kappa shape index (κ3) is 5.07. The number of nitrogens with one attached hydrogen (secondary N) is 1. The number of carboxylic acid groups (broad SMARTS) is 1. The lowest BCUT2D eigenvalue weighted by Crippen LogP contribution is -2.36. The van der Waals surface area contributed by atoms with Crippen LogP contribution in [0.3, 0.4) is 0 Å². The van der Waals surface area contributed by atoms with Crippen molar-refractivity contribution in [1.82, 2.24) is 5.32 Å². The minimum atomic E-state index is -0.993. The summed E-state index contributed by atoms with van der Waals surface area (Å²) in [7, 11) is 0. The first-order valence-electron chi connectivity index (χ1n) is 6.06. The lowest BCUT2D eigenvalue weighted by atomic mass is 9.84. The van der Waals surface area contributed by atoms with Crippen LogP contribution in [0.2, 0.25) is 0 Å². The van der Waals surface area contributed by atoms with Crippen molar-refractivity contribution < 1.29 is 19.1 Å². The van der Waals surface area contributed by atoms with Crippen LogP contribution in [0.15, 0.2) is 24.3 Å². The minimum Gasteiger partial charge on any atom is -0.481 e. The molecule has 19 heavy (non-hydrogen) atoms. The van der Waals surface area contributed by atoms with Gasteiger partial charge in [0.15, 0.2) is 0 Å². The topological polar surface area (TPSA) is 66.4 Å². The molecule has 0 spiro atoms. The van der Waals surface area contributed by atoms with E-state index in [9.17, 15) is 14.0 Å². The van der Waals surface area contributed by atoms with E-state index in [0.29, 0.717) is 6.54 Å². The standard InChI is InChI=1S/C14H18FNO3/c1-14(2,10-3-5-11(15)6-4-10)9-16-12(17)7-8-13(18)19/h3-6H,7-9H2,1-2H3,(H,16,17)(H,18,19). The van der Waals surface area contributed by atoms with Crippen molar-refractivity contribution in [2.24, 2.45) is 0 Å². The molecule has 0 saturated heterocycles. The Morgan fingerprint density at radius 1 is 1.21 bits per heavy atom. The van der Waals surface area contributed by atoms with Gasteiger partial charge in [-0.25, -0.2) is 4.39 Å². The number of amides is 1. The molecule has 1 aromatic carbocycles. The van der Waals surface area contributed by atoms with Gasteiger partial charge in [0.1, 0.15) is 5.82 Å². The second-order valence-electron chi connectivity index (χ2n) is 5.06. The Hall–Kier alpha value is -1.91. The third-order valence-electron chi connectivity index (χ3n) is 2.92. The van der Waals surface area contributed by atoms with Gasteiger partial charge in [-0.15, -0.1) is 0 Å². The van der Waals surface area contributed by atoms with Crippen LogP contribution < -0.4 is 5.32 Å². The van der Waals surface area contributed by atoms with Crippen LogP contribution in [-0.4, -0.2) is 23.5 Å². The van der Waals surface area contributed by atoms with Crippen molar-refractivity contribution in [3.8, 4) is 0 Å². The second-order valence-corrected chi connectivity index (χ2v) is 5.06. The molecule has 0 saturated carbocycles. The summed E-state index contributed by atoms with van der Waals surface area (Å²) >= 11 is 0. The average Bonchev–Trinajstić information content (AvgIpc) is 2.34. The van der Waals surface area contributed by atoms with E-state index in [1.54, 1.807) is 12.1 Å². The number of carboxylic acids is 1. The quantitative estimate of drug-likeness (QED) is 0.829. The zero-order valence-corrected chi connectivity index (χ0v) is 11.1. The number of aliphatic carboxylic acids is 1. The molecule has 0 aliphatic carbocycles. The Kier molecular flexibility index (Phi) is 5.03. The summed E-state index contributed by atoms with van der Waals surface area (Å²) in [6.07, 6.45) is -0.211. The summed E-state index contributed by atoms with van der Waals surface area (Å²) < 4.78 is 12.8. The number of hydrogen-bond acceptors (Lipinski definition) is 2. The van der Waals surface area contributed by atoms with Crippen LogP contribution in [-0.2, 0) is 15.0 Å². The largest absolute Gasteiger partial charge is 0.481 e. The van der Waals surface area contributed by atoms with Crippen LogP contribution in [0.5, 0.6) is 0 Å². The van der Waals surface area contributed by atoms with E-state index in [2.05, 4.69) is 5.32 Å². The third-order valence-corrected chi connectivity index (χ3v) is 2.92. The number of rotatable bonds is 6. The predicted octanol–water partition coefficient (Wildman–Crippen LogP) is 2.08. The Labute approximate surface area is 111 Å². The molecule has 0 aliphatic heterocycles. The number of carbonyl (C=O) groups excluding carboxylic acids is 1. The molecule has 0 bridgehead atoms. The maximum atomic E-state index is 12.8. The van der Waals surface area contributed by atoms with Crippen LogP contribution in [0.4, 0.5) is 4.39 Å². The van der Waals surface area contributed by atoms with Crippen molar-refractivity contribution >= 4 is 11.9 Å². The van der Waals surface area contributed by atoms with Crippen LogP contribution in [0.1, 0.15) is 32.3 Å². The van der Waals surface area contributed by atoms with E-state index in [0.717, 1.165) is 5.56 Å². The summed E-state index contributed by atoms with van der Waals surface area (Å²) in [4.78, 5) is 21.8. The molecule has 5 heteroatoms. The molecule has 1 aromatic rings. The molecular weight excluding hydrogens is 249 g/mol. The maximum absolute atomic E-state index is 12.8. The minimum absolute atomic E-state index is 0.0329. The van der Waals surface area contributed by atoms with Crippen molar-refractivity contribution in [1.29, 1.82) is 0 Å². The lowest BCUT2D eigenvalue weighted by molar-refractivity contribution is -0.138. The maximum Gasteiger partial charge on any atom is 0.303 e. The van der Waals surface area contributed by atoms with Crippen LogP contribution in [0, 0.1) is 5.82 Å². The van der Waals surface area contributed by atoms with Gasteiger partial charge in [-0.05, 0) is 17.7 Å². The summed E-state index contributed by atoms with van der Waals surface area (Å²) in [6, 6.07) is 6.12. The summed E-state index contributed by atoms with van der Waals surface area (Å²) in [5, 5.41) is 11.2. The highest BCUT2D eigenvalue weighted by Gasteiger charge is 2.21. The van der Waals surface area contributed by atoms with Crippen molar-refractivity contribution in [2.75, 3.05) is 6.54 Å². The van der Waals surface area contributed by atoms with Gasteiger partial charge in [0, 0.05) is 18.4 Å². The lowest BCUT2D eigenvalue weighted by Gasteiger charge is -2.25. The Morgan fingerprint density at radius 3 is 2.32 bits per heavy atom. The molecule has 0 fully saturated rings. The first-order valence-corrected chi connectivity index (χ1v) is 6.06. The van der Waals surface area contributed by atoms with Crippen molar-refractivity contribution in [3.05, 3.63) is 35.6 Å². The fraction of sp³-hybridized carbons (Fsp3) is 0.429. The van der Waals surface area contributed by atoms with Gasteiger partial charge in [-0.3, -0.25) is 9.59 Å². The number of hydrogen-bond donors (Lipinski definition) is 2. The van der Waals surface area contributed by atoms with Crippen LogP contribution in [0.25, 0.3) is 0 Å². The normalized spacial score (nSPS) is 11.1. The van der Waals surface area contributed by atoms with Crippen LogP contribution >= 0.6 is 0 Å². The summed E-state index contributed by atoms with van der Waals surface area (Å²) in [5.41, 5.74) is 0.569. The van der Waals surface area contributed by atoms with E-state index in [1.807, 2.05) is 13.8 Å². The van der Waals surface area contributed by atoms with E-state index >= 15 is 0 Å². The molecule has 1 amide bonds. The predicted molar refractivity (Wildman–Crippen MR) is 69.3 cm³/mol. The average molecular weight is 267 g/mol. The zero-order valence-electron chi connectivity index (χ0n) is 11.1. The molecule has 1 rings (SSSR count). The van der Waals surface area contributed by atoms with E-state index < -0.39 is 5.97 Å². The first-order chi connectivity index (χ1) is 8.81. The molecule has 0 aromatic heterocycles. The molecule has 2 N–H and O–H groups in total. The SMILES string of the molecule is CC(C)(CNC(=O)CCC(=O)O)c1ccc(F)cc1. The van der Waals surface area contributed by atoms with Gasteiger partial charge in [0.2, 0.25) is 5.91 Å². The fourth-order valence-electron chi connectivity index (χ4n) is 1.63. The molecule has 0 atom stereocenters. The smallest absolute Gasteiger partial charge is 0.303 e. The molecule has 0 heterocycles. The highest BCUT2D eigenvalue weighted by molar-refractivity contribution is 5.80. The molecule has 104 valence electrons. The van der Waals surface area contributed by atoms with Gasteiger partial charge in [-0.1, -0.05) is 26.0 Å². The summed E-state index contributed by atoms with van der Waals surface area (Å²) in [6.45, 7) is 4.23. The van der Waals surface area contributed by atoms with Crippen molar-refractivity contribution in [2.45, 2.75) is 32.1 Å². The Bertz CT molecular complexity index is 454. The monoisotopic (exact) mass is 267 g/mol. The molecular formula is C14H18FNO3. The van der Waals surface area contributed by atoms with E-state index in [1.165, 1.54) is 12.1 Å². The molecule has 0 aliphatic rings. The number of benzene rings is 1. The van der Waals surface area contributed by atoms with Gasteiger partial charge < -0.3 is 10.4 Å². The van der Waals surface area contributed by atoms with Crippen molar-refractivity contribution in [3.63, 3.8) is 0 Å². The Balaban J connectivity index is 2.53. The fourth-order valence-corrected chi connectivity index (χ4v) is 1.63. The van der Waals surface area contributed by atoms with Gasteiger partial charge in [-0.2, -0.15) is 0 Å². The first kappa shape index (κ1) is 15.1. The second kappa shape index (κ2) is 6.31. The van der Waals surface area contributed by atoms with Gasteiger partial charge in [0.25, 0.3) is 0 Å². The molecule has 0 radical (unpaired) electrons. The number of carbonyl (C=O) groups is 2. The zero-order chi connectivity index (χ0) is 14.5. The highest BCUT2D eigenvalue weighted by Crippen LogP contribution is 2.22. The molecule has 4 nitrogen and oxygen atoms in total. The van der Waals surface area contributed by atoms with E-state index in [-0.39, 0.29) is 30.0 Å². The molecule has 0 unspecified atom stereocenters. The van der Waals surface area contributed by atoms with E-state index in [4.69, 9.17) is 5.11 Å². The highest BCUT2D eigenvalue weighted by atomic mass is 19.1. The van der Waals surface area contributed by atoms with Gasteiger partial charge in [0.05, 0.1) is 6.42 Å². The van der Waals surface area contributed by atoms with Gasteiger partial charge >= 0.3 is 5.97 Å². The Morgan fingerprint density at radius 2 is 1.79 bits per heavy atom.